The van der Waals surface area contributed by atoms with Crippen molar-refractivity contribution in [2.45, 2.75) is 13.8 Å². The molecular formula is C13H9BrCl2N4. The van der Waals surface area contributed by atoms with E-state index in [9.17, 15) is 0 Å². The molecule has 2 heterocycles. The molecule has 0 fully saturated rings. The number of aromatic nitrogens is 4. The lowest BCUT2D eigenvalue weighted by Crippen LogP contribution is -2.00. The average Bonchev–Trinajstić information content (AvgIpc) is 2.80. The van der Waals surface area contributed by atoms with E-state index >= 15 is 0 Å². The van der Waals surface area contributed by atoms with Crippen LogP contribution >= 0.6 is 39.1 Å². The third kappa shape index (κ3) is 2.10. The molecule has 0 atom stereocenters. The first-order valence-corrected chi connectivity index (χ1v) is 7.37. The van der Waals surface area contributed by atoms with E-state index < -0.39 is 0 Å². The van der Waals surface area contributed by atoms with Gasteiger partial charge in [0, 0.05) is 15.6 Å². The number of halogens is 3. The predicted molar refractivity (Wildman–Crippen MR) is 83.4 cm³/mol. The first kappa shape index (κ1) is 13.8. The lowest BCUT2D eigenvalue weighted by molar-refractivity contribution is 0.919. The Balaban J connectivity index is 2.33. The molecule has 0 bridgehead atoms. The molecule has 0 saturated heterocycles. The van der Waals surface area contributed by atoms with Crippen LogP contribution < -0.4 is 0 Å². The Kier molecular flexibility index (Phi) is 3.44. The predicted octanol–water partition coefficient (Wildman–Crippen LogP) is 4.48. The van der Waals surface area contributed by atoms with Crippen LogP contribution in [0.4, 0.5) is 0 Å². The van der Waals surface area contributed by atoms with Gasteiger partial charge >= 0.3 is 0 Å². The van der Waals surface area contributed by atoms with Crippen LogP contribution in [0.5, 0.6) is 0 Å². The van der Waals surface area contributed by atoms with Crippen LogP contribution in [0.3, 0.4) is 0 Å². The average molecular weight is 372 g/mol. The topological polar surface area (TPSA) is 43.1 Å². The molecule has 4 nitrogen and oxygen atoms in total. The van der Waals surface area contributed by atoms with Gasteiger partial charge in [-0.2, -0.15) is 9.61 Å². The number of fused-ring (bicyclic) bond motifs is 1. The minimum absolute atomic E-state index is 0.435. The second-order valence-electron chi connectivity index (χ2n) is 4.42. The Labute approximate surface area is 133 Å². The molecule has 0 aliphatic rings. The van der Waals surface area contributed by atoms with Crippen LogP contribution in [0.25, 0.3) is 17.0 Å². The maximum atomic E-state index is 6.26. The van der Waals surface area contributed by atoms with Gasteiger partial charge in [-0.1, -0.05) is 39.1 Å². The quantitative estimate of drug-likeness (QED) is 0.633. The van der Waals surface area contributed by atoms with Crippen molar-refractivity contribution in [3.8, 4) is 11.4 Å². The molecule has 0 spiro atoms. The summed E-state index contributed by atoms with van der Waals surface area (Å²) in [5.41, 5.74) is 3.30. The van der Waals surface area contributed by atoms with E-state index in [1.807, 2.05) is 26.0 Å². The molecule has 20 heavy (non-hydrogen) atoms. The van der Waals surface area contributed by atoms with Gasteiger partial charge in [0.2, 0.25) is 0 Å². The summed E-state index contributed by atoms with van der Waals surface area (Å²) in [4.78, 5) is 0. The van der Waals surface area contributed by atoms with E-state index in [1.54, 1.807) is 10.6 Å². The Morgan fingerprint density at radius 3 is 2.55 bits per heavy atom. The van der Waals surface area contributed by atoms with Crippen LogP contribution in [-0.4, -0.2) is 19.8 Å². The third-order valence-electron chi connectivity index (χ3n) is 3.21. The van der Waals surface area contributed by atoms with Gasteiger partial charge in [-0.3, -0.25) is 0 Å². The third-order valence-corrected chi connectivity index (χ3v) is 4.37. The standard InChI is InChI=1S/C13H9BrCl2N4/c1-6-7(2)12-17-18-13(20(12)19-11(6)16)9-4-3-8(14)5-10(9)15/h3-5H,1-2H3. The van der Waals surface area contributed by atoms with Gasteiger partial charge < -0.3 is 0 Å². The van der Waals surface area contributed by atoms with Crippen molar-refractivity contribution in [3.05, 3.63) is 44.0 Å². The molecule has 0 unspecified atom stereocenters. The lowest BCUT2D eigenvalue weighted by atomic mass is 10.2. The fourth-order valence-corrected chi connectivity index (χ4v) is 2.91. The van der Waals surface area contributed by atoms with Crippen LogP contribution in [0.1, 0.15) is 11.1 Å². The van der Waals surface area contributed by atoms with Crippen molar-refractivity contribution in [2.24, 2.45) is 0 Å². The van der Waals surface area contributed by atoms with E-state index in [0.717, 1.165) is 21.2 Å². The first-order valence-electron chi connectivity index (χ1n) is 5.82. The van der Waals surface area contributed by atoms with E-state index in [-0.39, 0.29) is 0 Å². The van der Waals surface area contributed by atoms with E-state index in [0.29, 0.717) is 21.6 Å². The minimum atomic E-state index is 0.435. The molecule has 0 amide bonds. The highest BCUT2D eigenvalue weighted by atomic mass is 79.9. The van der Waals surface area contributed by atoms with Crippen LogP contribution in [0.15, 0.2) is 22.7 Å². The Morgan fingerprint density at radius 1 is 1.10 bits per heavy atom. The van der Waals surface area contributed by atoms with E-state index in [2.05, 4.69) is 31.2 Å². The van der Waals surface area contributed by atoms with Crippen molar-refractivity contribution in [2.75, 3.05) is 0 Å². The highest BCUT2D eigenvalue weighted by molar-refractivity contribution is 9.10. The molecule has 0 saturated carbocycles. The molecule has 1 aromatic carbocycles. The highest BCUT2D eigenvalue weighted by Crippen LogP contribution is 2.30. The summed E-state index contributed by atoms with van der Waals surface area (Å²) in [6.07, 6.45) is 0. The molecular weight excluding hydrogens is 363 g/mol. The zero-order valence-corrected chi connectivity index (χ0v) is 13.8. The molecule has 3 rings (SSSR count). The molecule has 2 aromatic heterocycles. The second kappa shape index (κ2) is 4.98. The molecule has 7 heteroatoms. The smallest absolute Gasteiger partial charge is 0.186 e. The van der Waals surface area contributed by atoms with Crippen molar-refractivity contribution >= 4 is 44.8 Å². The SMILES string of the molecule is Cc1c(Cl)nn2c(-c3ccc(Br)cc3Cl)nnc2c1C. The summed E-state index contributed by atoms with van der Waals surface area (Å²) in [7, 11) is 0. The largest absolute Gasteiger partial charge is 0.191 e. The Morgan fingerprint density at radius 2 is 1.85 bits per heavy atom. The van der Waals surface area contributed by atoms with Gasteiger partial charge in [0.25, 0.3) is 0 Å². The van der Waals surface area contributed by atoms with Gasteiger partial charge in [0.1, 0.15) is 0 Å². The number of hydrogen-bond donors (Lipinski definition) is 0. The first-order chi connectivity index (χ1) is 9.49. The molecule has 3 aromatic rings. The van der Waals surface area contributed by atoms with Crippen LogP contribution in [-0.2, 0) is 0 Å². The molecule has 0 aliphatic carbocycles. The maximum Gasteiger partial charge on any atom is 0.186 e. The Bertz CT molecular complexity index is 829. The fraction of sp³-hybridized carbons (Fsp3) is 0.154. The number of rotatable bonds is 1. The van der Waals surface area contributed by atoms with Crippen molar-refractivity contribution in [3.63, 3.8) is 0 Å². The minimum Gasteiger partial charge on any atom is -0.191 e. The molecule has 0 N–H and O–H groups in total. The number of hydrogen-bond acceptors (Lipinski definition) is 3. The zero-order valence-electron chi connectivity index (χ0n) is 10.7. The van der Waals surface area contributed by atoms with E-state index in [4.69, 9.17) is 23.2 Å². The monoisotopic (exact) mass is 370 g/mol. The fourth-order valence-electron chi connectivity index (χ4n) is 1.93. The molecule has 102 valence electrons. The van der Waals surface area contributed by atoms with Crippen molar-refractivity contribution in [1.29, 1.82) is 0 Å². The second-order valence-corrected chi connectivity index (χ2v) is 6.10. The van der Waals surface area contributed by atoms with Gasteiger partial charge in [-0.05, 0) is 37.6 Å². The molecule has 0 radical (unpaired) electrons. The highest BCUT2D eigenvalue weighted by Gasteiger charge is 2.16. The number of aryl methyl sites for hydroxylation is 1. The van der Waals surface area contributed by atoms with Gasteiger partial charge in [-0.25, -0.2) is 0 Å². The van der Waals surface area contributed by atoms with Gasteiger partial charge in [0.15, 0.2) is 16.6 Å². The van der Waals surface area contributed by atoms with Crippen molar-refractivity contribution < 1.29 is 0 Å². The van der Waals surface area contributed by atoms with Gasteiger partial charge in [-0.15, -0.1) is 10.2 Å². The normalized spacial score (nSPS) is 11.2. The molecule has 0 aliphatic heterocycles. The maximum absolute atomic E-state index is 6.26. The zero-order chi connectivity index (χ0) is 14.4. The van der Waals surface area contributed by atoms with Crippen LogP contribution in [0.2, 0.25) is 10.2 Å². The number of nitrogens with zero attached hydrogens (tertiary/aromatic N) is 4. The summed E-state index contributed by atoms with van der Waals surface area (Å²) >= 11 is 15.8. The van der Waals surface area contributed by atoms with E-state index in [1.165, 1.54) is 0 Å². The Hall–Kier alpha value is -1.17. The lowest BCUT2D eigenvalue weighted by Gasteiger charge is -2.06. The summed E-state index contributed by atoms with van der Waals surface area (Å²) in [6.45, 7) is 3.85. The summed E-state index contributed by atoms with van der Waals surface area (Å²) in [5.74, 6) is 0.572. The van der Waals surface area contributed by atoms with Gasteiger partial charge in [0.05, 0.1) is 5.02 Å². The summed E-state index contributed by atoms with van der Waals surface area (Å²) in [5, 5.41) is 13.7. The summed E-state index contributed by atoms with van der Waals surface area (Å²) in [6, 6.07) is 5.57. The van der Waals surface area contributed by atoms with Crippen LogP contribution in [0, 0.1) is 13.8 Å². The summed E-state index contributed by atoms with van der Waals surface area (Å²) < 4.78 is 2.53. The van der Waals surface area contributed by atoms with Crippen molar-refractivity contribution in [1.82, 2.24) is 19.8 Å². The number of benzene rings is 1.